The van der Waals surface area contributed by atoms with Gasteiger partial charge in [0, 0.05) is 24.7 Å². The lowest BCUT2D eigenvalue weighted by Crippen LogP contribution is -2.49. The summed E-state index contributed by atoms with van der Waals surface area (Å²) in [5.74, 6) is 0.465. The zero-order valence-electron chi connectivity index (χ0n) is 11.3. The number of rotatable bonds is 2. The van der Waals surface area contributed by atoms with Crippen molar-refractivity contribution in [2.45, 2.75) is 57.2 Å². The van der Waals surface area contributed by atoms with Crippen LogP contribution in [0.4, 0.5) is 0 Å². The van der Waals surface area contributed by atoms with Crippen LogP contribution in [0.1, 0.15) is 39.0 Å². The number of nitrogens with one attached hydrogen (secondary N) is 2. The van der Waals surface area contributed by atoms with Crippen molar-refractivity contribution in [2.75, 3.05) is 19.6 Å². The van der Waals surface area contributed by atoms with Gasteiger partial charge >= 0.3 is 0 Å². The molecule has 0 aromatic rings. The van der Waals surface area contributed by atoms with Gasteiger partial charge in [0.2, 0.25) is 5.91 Å². The first-order valence-corrected chi connectivity index (χ1v) is 7.53. The van der Waals surface area contributed by atoms with E-state index in [1.807, 2.05) is 0 Å². The lowest BCUT2D eigenvalue weighted by Gasteiger charge is -2.33. The van der Waals surface area contributed by atoms with Crippen molar-refractivity contribution < 1.29 is 4.79 Å². The Morgan fingerprint density at radius 2 is 2.11 bits per heavy atom. The normalized spacial score (nSPS) is 40.7. The topological polar surface area (TPSA) is 44.4 Å². The Morgan fingerprint density at radius 1 is 1.22 bits per heavy atom. The molecule has 4 atom stereocenters. The first kappa shape index (κ1) is 12.4. The van der Waals surface area contributed by atoms with E-state index in [2.05, 4.69) is 22.5 Å². The molecule has 0 spiro atoms. The summed E-state index contributed by atoms with van der Waals surface area (Å²) in [7, 11) is 0. The highest BCUT2D eigenvalue weighted by Crippen LogP contribution is 2.27. The minimum Gasteiger partial charge on any atom is -0.351 e. The molecule has 4 unspecified atom stereocenters. The summed E-state index contributed by atoms with van der Waals surface area (Å²) in [6, 6.07) is 1.37. The minimum atomic E-state index is 0.183. The smallest absolute Gasteiger partial charge is 0.224 e. The molecule has 0 saturated carbocycles. The van der Waals surface area contributed by atoms with Gasteiger partial charge in [0.15, 0.2) is 0 Å². The van der Waals surface area contributed by atoms with E-state index >= 15 is 0 Å². The maximum Gasteiger partial charge on any atom is 0.224 e. The number of carbonyl (C=O) groups excluding carboxylic acids is 1. The maximum absolute atomic E-state index is 12.3. The van der Waals surface area contributed by atoms with Crippen molar-refractivity contribution in [3.8, 4) is 0 Å². The second kappa shape index (κ2) is 5.17. The molecule has 18 heavy (non-hydrogen) atoms. The van der Waals surface area contributed by atoms with E-state index in [0.717, 1.165) is 19.4 Å². The molecule has 0 aliphatic carbocycles. The molecule has 1 amide bonds. The van der Waals surface area contributed by atoms with Crippen LogP contribution in [0.3, 0.4) is 0 Å². The first-order valence-electron chi connectivity index (χ1n) is 7.53. The van der Waals surface area contributed by atoms with E-state index in [1.54, 1.807) is 0 Å². The molecule has 3 heterocycles. The summed E-state index contributed by atoms with van der Waals surface area (Å²) in [6.45, 7) is 5.52. The number of piperidine rings is 1. The lowest BCUT2D eigenvalue weighted by atomic mass is 9.96. The predicted octanol–water partition coefficient (Wildman–Crippen LogP) is 0.727. The van der Waals surface area contributed by atoms with Crippen LogP contribution >= 0.6 is 0 Å². The molecule has 3 rings (SSSR count). The van der Waals surface area contributed by atoms with Gasteiger partial charge < -0.3 is 10.6 Å². The predicted molar refractivity (Wildman–Crippen MR) is 71.3 cm³/mol. The number of hydrogen-bond acceptors (Lipinski definition) is 3. The monoisotopic (exact) mass is 251 g/mol. The minimum absolute atomic E-state index is 0.183. The average Bonchev–Trinajstić information content (AvgIpc) is 2.97. The third kappa shape index (κ3) is 2.28. The van der Waals surface area contributed by atoms with Crippen molar-refractivity contribution in [3.63, 3.8) is 0 Å². The average molecular weight is 251 g/mol. The van der Waals surface area contributed by atoms with E-state index in [4.69, 9.17) is 0 Å². The van der Waals surface area contributed by atoms with Gasteiger partial charge in [0.1, 0.15) is 0 Å². The summed E-state index contributed by atoms with van der Waals surface area (Å²) in [6.07, 6.45) is 6.07. The number of carbonyl (C=O) groups is 1. The van der Waals surface area contributed by atoms with Crippen LogP contribution in [0.5, 0.6) is 0 Å². The largest absolute Gasteiger partial charge is 0.351 e. The number of hydrogen-bond donors (Lipinski definition) is 2. The fourth-order valence-corrected chi connectivity index (χ4v) is 3.92. The molecule has 0 bridgehead atoms. The zero-order chi connectivity index (χ0) is 12.5. The summed E-state index contributed by atoms with van der Waals surface area (Å²) >= 11 is 0. The van der Waals surface area contributed by atoms with Crippen molar-refractivity contribution in [3.05, 3.63) is 0 Å². The van der Waals surface area contributed by atoms with Crippen LogP contribution in [0, 0.1) is 5.92 Å². The molecule has 0 radical (unpaired) electrons. The Bertz CT molecular complexity index is 320. The molecule has 3 aliphatic rings. The third-order valence-corrected chi connectivity index (χ3v) is 5.05. The van der Waals surface area contributed by atoms with Gasteiger partial charge in [-0.3, -0.25) is 9.69 Å². The first-order chi connectivity index (χ1) is 8.75. The van der Waals surface area contributed by atoms with Gasteiger partial charge in [-0.15, -0.1) is 0 Å². The van der Waals surface area contributed by atoms with E-state index in [-0.39, 0.29) is 11.8 Å². The molecular weight excluding hydrogens is 226 g/mol. The van der Waals surface area contributed by atoms with Crippen LogP contribution in [0.2, 0.25) is 0 Å². The van der Waals surface area contributed by atoms with E-state index < -0.39 is 0 Å². The van der Waals surface area contributed by atoms with Crippen LogP contribution in [-0.4, -0.2) is 48.6 Å². The molecule has 3 fully saturated rings. The van der Waals surface area contributed by atoms with Gasteiger partial charge in [0.05, 0.1) is 5.92 Å². The van der Waals surface area contributed by atoms with Gasteiger partial charge in [0.25, 0.3) is 0 Å². The highest BCUT2D eigenvalue weighted by molar-refractivity contribution is 5.80. The highest BCUT2D eigenvalue weighted by Gasteiger charge is 2.38. The molecular formula is C14H25N3O. The Balaban J connectivity index is 1.57. The van der Waals surface area contributed by atoms with Crippen molar-refractivity contribution in [1.29, 1.82) is 0 Å². The van der Waals surface area contributed by atoms with Gasteiger partial charge in [-0.2, -0.15) is 0 Å². The maximum atomic E-state index is 12.3. The lowest BCUT2D eigenvalue weighted by molar-refractivity contribution is -0.126. The molecule has 102 valence electrons. The van der Waals surface area contributed by atoms with E-state index in [9.17, 15) is 4.79 Å². The van der Waals surface area contributed by atoms with Crippen LogP contribution < -0.4 is 10.6 Å². The Kier molecular flexibility index (Phi) is 3.57. The van der Waals surface area contributed by atoms with Crippen LogP contribution in [-0.2, 0) is 4.79 Å². The second-order valence-corrected chi connectivity index (χ2v) is 6.14. The summed E-state index contributed by atoms with van der Waals surface area (Å²) in [5, 5.41) is 6.69. The Morgan fingerprint density at radius 3 is 2.89 bits per heavy atom. The summed E-state index contributed by atoms with van der Waals surface area (Å²) in [4.78, 5) is 14.9. The Hall–Kier alpha value is -0.610. The summed E-state index contributed by atoms with van der Waals surface area (Å²) < 4.78 is 0. The molecule has 2 N–H and O–H groups in total. The van der Waals surface area contributed by atoms with Gasteiger partial charge in [-0.25, -0.2) is 0 Å². The third-order valence-electron chi connectivity index (χ3n) is 5.05. The van der Waals surface area contributed by atoms with Crippen LogP contribution in [0.25, 0.3) is 0 Å². The molecule has 4 nitrogen and oxygen atoms in total. The molecule has 3 aliphatic heterocycles. The van der Waals surface area contributed by atoms with Gasteiger partial charge in [-0.1, -0.05) is 6.42 Å². The second-order valence-electron chi connectivity index (χ2n) is 6.14. The number of amides is 1. The standard InChI is InChI=1S/C14H25N3O/c1-10-11(5-7-15-10)14(18)16-12-6-9-17-8-3-2-4-13(12)17/h10-13,15H,2-9H2,1H3,(H,16,18). The Labute approximate surface area is 109 Å². The zero-order valence-corrected chi connectivity index (χ0v) is 11.3. The van der Waals surface area contributed by atoms with Crippen LogP contribution in [0.15, 0.2) is 0 Å². The van der Waals surface area contributed by atoms with Crippen molar-refractivity contribution >= 4 is 5.91 Å². The van der Waals surface area contributed by atoms with Gasteiger partial charge in [-0.05, 0) is 45.7 Å². The highest BCUT2D eigenvalue weighted by atomic mass is 16.2. The summed E-state index contributed by atoms with van der Waals surface area (Å²) in [5.41, 5.74) is 0. The fraction of sp³-hybridized carbons (Fsp3) is 0.929. The number of nitrogens with zero attached hydrogens (tertiary/aromatic N) is 1. The fourth-order valence-electron chi connectivity index (χ4n) is 3.92. The van der Waals surface area contributed by atoms with E-state index in [0.29, 0.717) is 18.1 Å². The molecule has 0 aromatic heterocycles. The SMILES string of the molecule is CC1NCCC1C(=O)NC1CCN2CCCCC12. The quantitative estimate of drug-likeness (QED) is 0.760. The molecule has 4 heteroatoms. The molecule has 3 saturated heterocycles. The molecule has 0 aromatic carbocycles. The number of fused-ring (bicyclic) bond motifs is 1. The van der Waals surface area contributed by atoms with Crippen molar-refractivity contribution in [1.82, 2.24) is 15.5 Å². The van der Waals surface area contributed by atoms with E-state index in [1.165, 1.54) is 32.4 Å². The van der Waals surface area contributed by atoms with Crippen molar-refractivity contribution in [2.24, 2.45) is 5.92 Å².